The van der Waals surface area contributed by atoms with Crippen LogP contribution in [0.1, 0.15) is 19.4 Å². The predicted octanol–water partition coefficient (Wildman–Crippen LogP) is 3.23. The van der Waals surface area contributed by atoms with Gasteiger partial charge in [0.2, 0.25) is 0 Å². The first-order chi connectivity index (χ1) is 11.0. The molecule has 0 aliphatic carbocycles. The smallest absolute Gasteiger partial charge is 0.310 e. The molecule has 1 aromatic rings. The van der Waals surface area contributed by atoms with E-state index in [2.05, 4.69) is 45.7 Å². The topological polar surface area (TPSA) is 53.9 Å². The van der Waals surface area contributed by atoms with E-state index in [1.807, 2.05) is 20.9 Å². The highest BCUT2D eigenvalue weighted by Gasteiger charge is 2.14. The molecule has 1 rings (SSSR count). The molecular weight excluding hydrogens is 437 g/mol. The summed E-state index contributed by atoms with van der Waals surface area (Å²) in [5.41, 5.74) is 1.22. The van der Waals surface area contributed by atoms with Crippen molar-refractivity contribution in [3.63, 3.8) is 0 Å². The Morgan fingerprint density at radius 1 is 1.38 bits per heavy atom. The molecule has 1 N–H and O–H groups in total. The molecule has 24 heavy (non-hydrogen) atoms. The molecule has 0 fully saturated rings. The monoisotopic (exact) mass is 465 g/mol. The molecule has 7 heteroatoms. The van der Waals surface area contributed by atoms with Crippen LogP contribution in [-0.4, -0.2) is 50.3 Å². The van der Waals surface area contributed by atoms with Crippen LogP contribution in [0.15, 0.2) is 34.2 Å². The zero-order valence-corrected chi connectivity index (χ0v) is 18.2. The molecule has 0 aromatic heterocycles. The van der Waals surface area contributed by atoms with Gasteiger partial charge in [0, 0.05) is 25.0 Å². The van der Waals surface area contributed by atoms with Crippen molar-refractivity contribution in [3.05, 3.63) is 29.8 Å². The maximum atomic E-state index is 11.5. The zero-order valence-electron chi connectivity index (χ0n) is 15.0. The Labute approximate surface area is 166 Å². The van der Waals surface area contributed by atoms with Gasteiger partial charge < -0.3 is 15.0 Å². The molecule has 0 heterocycles. The number of benzene rings is 1. The maximum Gasteiger partial charge on any atom is 0.310 e. The lowest BCUT2D eigenvalue weighted by Gasteiger charge is -2.22. The summed E-state index contributed by atoms with van der Waals surface area (Å²) in [7, 11) is 3.39. The quantitative estimate of drug-likeness (QED) is 0.220. The van der Waals surface area contributed by atoms with Gasteiger partial charge in [-0.15, -0.1) is 35.7 Å². The van der Waals surface area contributed by atoms with E-state index in [-0.39, 0.29) is 35.9 Å². The average Bonchev–Trinajstić information content (AvgIpc) is 2.58. The third-order valence-corrected chi connectivity index (χ3v) is 4.14. The number of hydrogen-bond acceptors (Lipinski definition) is 4. The number of thioether (sulfide) groups is 1. The summed E-state index contributed by atoms with van der Waals surface area (Å²) in [6, 6.07) is 8.50. The van der Waals surface area contributed by atoms with E-state index < -0.39 is 0 Å². The summed E-state index contributed by atoms with van der Waals surface area (Å²) < 4.78 is 4.74. The molecule has 1 aromatic carbocycles. The molecule has 0 aliphatic rings. The normalized spacial score (nSPS) is 12.1. The Hall–Kier alpha value is -0.960. The predicted molar refractivity (Wildman–Crippen MR) is 112 cm³/mol. The summed E-state index contributed by atoms with van der Waals surface area (Å²) in [5, 5.41) is 3.26. The number of methoxy groups -OCH3 is 1. The summed E-state index contributed by atoms with van der Waals surface area (Å²) in [4.78, 5) is 19.3. The van der Waals surface area contributed by atoms with Crippen LogP contribution in [0, 0.1) is 5.92 Å². The SMILES string of the molecule is CCNC(=NCC(C)C(=O)OC)N(C)Cc1ccc(SC)cc1.I. The second-order valence-corrected chi connectivity index (χ2v) is 6.20. The Bertz CT molecular complexity index is 523. The van der Waals surface area contributed by atoms with Crippen LogP contribution in [0.2, 0.25) is 0 Å². The van der Waals surface area contributed by atoms with E-state index in [9.17, 15) is 4.79 Å². The summed E-state index contributed by atoms with van der Waals surface area (Å²) in [5.74, 6) is 0.306. The third kappa shape index (κ3) is 7.74. The number of ether oxygens (including phenoxy) is 1. The molecule has 0 spiro atoms. The Morgan fingerprint density at radius 2 is 2.00 bits per heavy atom. The van der Waals surface area contributed by atoms with Gasteiger partial charge in [0.05, 0.1) is 19.6 Å². The van der Waals surface area contributed by atoms with Gasteiger partial charge in [0.15, 0.2) is 5.96 Å². The molecule has 0 aliphatic heterocycles. The minimum atomic E-state index is -0.247. The van der Waals surface area contributed by atoms with E-state index in [0.717, 1.165) is 19.0 Å². The number of carbonyl (C=O) groups is 1. The number of nitrogens with zero attached hydrogens (tertiary/aromatic N) is 2. The summed E-state index contributed by atoms with van der Waals surface area (Å²) in [6.07, 6.45) is 2.07. The Balaban J connectivity index is 0.00000529. The van der Waals surface area contributed by atoms with Crippen molar-refractivity contribution in [3.8, 4) is 0 Å². The van der Waals surface area contributed by atoms with E-state index in [1.54, 1.807) is 11.8 Å². The molecule has 0 saturated heterocycles. The van der Waals surface area contributed by atoms with Crippen LogP contribution in [-0.2, 0) is 16.1 Å². The number of aliphatic imine (C=N–C) groups is 1. The van der Waals surface area contributed by atoms with Crippen LogP contribution < -0.4 is 5.32 Å². The molecule has 0 amide bonds. The minimum Gasteiger partial charge on any atom is -0.469 e. The van der Waals surface area contributed by atoms with Crippen LogP contribution >= 0.6 is 35.7 Å². The Morgan fingerprint density at radius 3 is 2.50 bits per heavy atom. The molecule has 0 radical (unpaired) electrons. The van der Waals surface area contributed by atoms with Crippen LogP contribution in [0.25, 0.3) is 0 Å². The molecule has 1 unspecified atom stereocenters. The number of nitrogens with one attached hydrogen (secondary N) is 1. The fourth-order valence-electron chi connectivity index (χ4n) is 2.05. The molecule has 5 nitrogen and oxygen atoms in total. The van der Waals surface area contributed by atoms with Crippen LogP contribution in [0.5, 0.6) is 0 Å². The van der Waals surface area contributed by atoms with Crippen molar-refractivity contribution in [1.82, 2.24) is 10.2 Å². The standard InChI is InChI=1S/C17H27N3O2S.HI/c1-6-18-17(19-11-13(2)16(21)22-4)20(3)12-14-7-9-15(23-5)10-8-14;/h7-10,13H,6,11-12H2,1-5H3,(H,18,19);1H. The fraction of sp³-hybridized carbons (Fsp3) is 0.529. The first-order valence-corrected chi connectivity index (χ1v) is 8.94. The number of rotatable bonds is 7. The van der Waals surface area contributed by atoms with Gasteiger partial charge in [-0.05, 0) is 30.9 Å². The molecule has 0 bridgehead atoms. The first-order valence-electron chi connectivity index (χ1n) is 7.72. The van der Waals surface area contributed by atoms with E-state index in [1.165, 1.54) is 17.6 Å². The van der Waals surface area contributed by atoms with Gasteiger partial charge in [0.1, 0.15) is 0 Å². The zero-order chi connectivity index (χ0) is 17.2. The van der Waals surface area contributed by atoms with Crippen molar-refractivity contribution in [1.29, 1.82) is 0 Å². The number of hydrogen-bond donors (Lipinski definition) is 1. The Kier molecular flexibility index (Phi) is 11.9. The molecule has 1 atom stereocenters. The van der Waals surface area contributed by atoms with Gasteiger partial charge in [-0.1, -0.05) is 19.1 Å². The number of halogens is 1. The lowest BCUT2D eigenvalue weighted by atomic mass is 10.2. The highest BCUT2D eigenvalue weighted by molar-refractivity contribution is 14.0. The number of guanidine groups is 1. The minimum absolute atomic E-state index is 0. The van der Waals surface area contributed by atoms with Crippen LogP contribution in [0.4, 0.5) is 0 Å². The number of carbonyl (C=O) groups excluding carboxylic acids is 1. The van der Waals surface area contributed by atoms with Gasteiger partial charge in [-0.2, -0.15) is 0 Å². The van der Waals surface area contributed by atoms with E-state index >= 15 is 0 Å². The molecular formula is C17H28IN3O2S. The fourth-order valence-corrected chi connectivity index (χ4v) is 2.46. The summed E-state index contributed by atoms with van der Waals surface area (Å²) >= 11 is 1.73. The second-order valence-electron chi connectivity index (χ2n) is 5.32. The average molecular weight is 465 g/mol. The largest absolute Gasteiger partial charge is 0.469 e. The molecule has 0 saturated carbocycles. The van der Waals surface area contributed by atoms with Gasteiger partial charge in [-0.3, -0.25) is 9.79 Å². The lowest BCUT2D eigenvalue weighted by molar-refractivity contribution is -0.144. The molecule has 136 valence electrons. The van der Waals surface area contributed by atoms with E-state index in [4.69, 9.17) is 4.74 Å². The van der Waals surface area contributed by atoms with Crippen molar-refractivity contribution >= 4 is 47.7 Å². The van der Waals surface area contributed by atoms with Crippen molar-refractivity contribution in [2.24, 2.45) is 10.9 Å². The highest BCUT2D eigenvalue weighted by Crippen LogP contribution is 2.15. The van der Waals surface area contributed by atoms with Crippen molar-refractivity contribution in [2.75, 3.05) is 33.5 Å². The first kappa shape index (κ1) is 23.0. The lowest BCUT2D eigenvalue weighted by Crippen LogP contribution is -2.39. The second kappa shape index (κ2) is 12.4. The van der Waals surface area contributed by atoms with Crippen LogP contribution in [0.3, 0.4) is 0 Å². The third-order valence-electron chi connectivity index (χ3n) is 3.39. The van der Waals surface area contributed by atoms with Gasteiger partial charge in [0.25, 0.3) is 0 Å². The van der Waals surface area contributed by atoms with Crippen molar-refractivity contribution < 1.29 is 9.53 Å². The maximum absolute atomic E-state index is 11.5. The van der Waals surface area contributed by atoms with Gasteiger partial charge >= 0.3 is 5.97 Å². The highest BCUT2D eigenvalue weighted by atomic mass is 127. The van der Waals surface area contributed by atoms with E-state index in [0.29, 0.717) is 6.54 Å². The number of esters is 1. The van der Waals surface area contributed by atoms with Crippen molar-refractivity contribution in [2.45, 2.75) is 25.3 Å². The summed E-state index contributed by atoms with van der Waals surface area (Å²) in [6.45, 7) is 5.79. The van der Waals surface area contributed by atoms with Gasteiger partial charge in [-0.25, -0.2) is 0 Å².